The zero-order chi connectivity index (χ0) is 20.6. The smallest absolute Gasteiger partial charge is 0.174 e. The molecule has 6 heteroatoms. The van der Waals surface area contributed by atoms with Crippen molar-refractivity contribution in [2.24, 2.45) is 4.41 Å². The lowest BCUT2D eigenvalue weighted by molar-refractivity contribution is 0.360. The first-order chi connectivity index (χ1) is 11.4. The molecule has 0 aliphatic carbocycles. The molecule has 0 saturated heterocycles. The van der Waals surface area contributed by atoms with Crippen LogP contribution < -0.4 is 10.4 Å². The number of nitrogens with zero attached hydrogens (tertiary/aromatic N) is 2. The van der Waals surface area contributed by atoms with E-state index in [2.05, 4.69) is 121 Å². The summed E-state index contributed by atoms with van der Waals surface area (Å²) in [6.45, 7) is 28.3. The lowest BCUT2D eigenvalue weighted by Crippen LogP contribution is -2.59. The molecule has 0 spiro atoms. The van der Waals surface area contributed by atoms with Gasteiger partial charge in [-0.15, -0.1) is 0 Å². The zero-order valence-electron chi connectivity index (χ0n) is 19.2. The van der Waals surface area contributed by atoms with Crippen LogP contribution in [0.1, 0.15) is 41.5 Å². The second-order valence-electron chi connectivity index (χ2n) is 11.2. The fraction of sp³-hybridized carbons (Fsp3) is 0.700. The third-order valence-corrected chi connectivity index (χ3v) is 15.0. The van der Waals surface area contributed by atoms with E-state index in [-0.39, 0.29) is 11.1 Å². The quantitative estimate of drug-likeness (QED) is 0.442. The van der Waals surface area contributed by atoms with Crippen molar-refractivity contribution in [3.05, 3.63) is 30.3 Å². The first kappa shape index (κ1) is 23.8. The number of benzene rings is 1. The second-order valence-corrected chi connectivity index (χ2v) is 23.9. The van der Waals surface area contributed by atoms with Crippen molar-refractivity contribution < 1.29 is 0 Å². The lowest BCUT2D eigenvalue weighted by atomic mass is 10.1. The molecule has 0 fully saturated rings. The monoisotopic (exact) mass is 411 g/mol. The zero-order valence-corrected chi connectivity index (χ0v) is 22.1. The SMILES string of the molecule is CC(C)(C)NP(=N[Si](C)(C)C)(c1ccccc1)N(C(C)(C)C)[Si](C)(C)C. The van der Waals surface area contributed by atoms with Crippen LogP contribution in [0.2, 0.25) is 39.3 Å². The molecule has 0 radical (unpaired) electrons. The standard InChI is InChI=1S/C20H42N3PSi2/c1-19(2,3)21-24(22-25(7,8)9,18-16-14-13-15-17-18)23(20(4,5)6)26(10,11)12/h13-17,21H,1-12H3. The molecule has 1 rings (SSSR count). The van der Waals surface area contributed by atoms with Crippen LogP contribution in [0.25, 0.3) is 0 Å². The van der Waals surface area contributed by atoms with E-state index in [1.54, 1.807) is 0 Å². The van der Waals surface area contributed by atoms with Crippen molar-refractivity contribution >= 4 is 29.1 Å². The van der Waals surface area contributed by atoms with Gasteiger partial charge < -0.3 is 4.41 Å². The van der Waals surface area contributed by atoms with Gasteiger partial charge in [-0.2, -0.15) is 0 Å². The highest BCUT2D eigenvalue weighted by atomic mass is 31.2. The maximum absolute atomic E-state index is 5.73. The summed E-state index contributed by atoms with van der Waals surface area (Å²) < 4.78 is 8.54. The summed E-state index contributed by atoms with van der Waals surface area (Å²) in [5, 5.41) is 5.45. The summed E-state index contributed by atoms with van der Waals surface area (Å²) in [5.41, 5.74) is 0.0193. The van der Waals surface area contributed by atoms with E-state index in [0.717, 1.165) is 0 Å². The third kappa shape index (κ3) is 6.45. The Morgan fingerprint density at radius 3 is 1.62 bits per heavy atom. The molecule has 26 heavy (non-hydrogen) atoms. The molecule has 0 heterocycles. The fourth-order valence-electron chi connectivity index (χ4n) is 3.77. The average Bonchev–Trinajstić information content (AvgIpc) is 2.31. The Labute approximate surface area is 165 Å². The molecule has 0 bridgehead atoms. The van der Waals surface area contributed by atoms with Crippen LogP contribution in [0, 0.1) is 0 Å². The van der Waals surface area contributed by atoms with Crippen LogP contribution >= 0.6 is 7.36 Å². The summed E-state index contributed by atoms with van der Waals surface area (Å²) in [7, 11) is -5.51. The minimum Gasteiger partial charge on any atom is -0.309 e. The first-order valence-corrected chi connectivity index (χ1v) is 18.3. The number of hydrogen-bond donors (Lipinski definition) is 1. The first-order valence-electron chi connectivity index (χ1n) is 9.68. The van der Waals surface area contributed by atoms with Gasteiger partial charge in [0.15, 0.2) is 8.24 Å². The Balaban J connectivity index is 4.04. The van der Waals surface area contributed by atoms with Crippen molar-refractivity contribution in [3.63, 3.8) is 0 Å². The Kier molecular flexibility index (Phi) is 7.03. The van der Waals surface area contributed by atoms with Gasteiger partial charge in [-0.3, -0.25) is 9.42 Å². The Morgan fingerprint density at radius 1 is 0.846 bits per heavy atom. The molecule has 150 valence electrons. The molecule has 0 saturated carbocycles. The molecule has 0 amide bonds. The number of hydrogen-bond acceptors (Lipinski definition) is 1. The average molecular weight is 412 g/mol. The molecule has 1 unspecified atom stereocenters. The minimum absolute atomic E-state index is 0.0179. The molecule has 1 N–H and O–H groups in total. The molecular formula is C20H42N3PSi2. The Hall–Kier alpha value is -0.196. The van der Waals surface area contributed by atoms with E-state index in [1.807, 2.05) is 0 Å². The van der Waals surface area contributed by atoms with Crippen molar-refractivity contribution in [1.29, 1.82) is 0 Å². The van der Waals surface area contributed by atoms with Gasteiger partial charge in [0.25, 0.3) is 0 Å². The van der Waals surface area contributed by atoms with Gasteiger partial charge in [0.05, 0.1) is 0 Å². The molecule has 1 aromatic carbocycles. The van der Waals surface area contributed by atoms with Crippen molar-refractivity contribution in [1.82, 2.24) is 9.42 Å². The molecule has 1 atom stereocenters. The van der Waals surface area contributed by atoms with E-state index in [0.29, 0.717) is 0 Å². The summed E-state index contributed by atoms with van der Waals surface area (Å²) in [6, 6.07) is 11.0. The predicted octanol–water partition coefficient (Wildman–Crippen LogP) is 6.50. The van der Waals surface area contributed by atoms with Gasteiger partial charge in [0.1, 0.15) is 15.6 Å². The van der Waals surface area contributed by atoms with E-state index in [9.17, 15) is 0 Å². The van der Waals surface area contributed by atoms with E-state index >= 15 is 0 Å². The second kappa shape index (κ2) is 7.67. The van der Waals surface area contributed by atoms with Crippen LogP contribution in [-0.4, -0.2) is 31.9 Å². The molecule has 0 aromatic heterocycles. The van der Waals surface area contributed by atoms with Crippen LogP contribution in [0.3, 0.4) is 0 Å². The molecular weight excluding hydrogens is 369 g/mol. The van der Waals surface area contributed by atoms with E-state index in [4.69, 9.17) is 4.41 Å². The molecule has 0 aliphatic rings. The normalized spacial score (nSPS) is 16.5. The van der Waals surface area contributed by atoms with E-state index in [1.165, 1.54) is 5.30 Å². The van der Waals surface area contributed by atoms with E-state index < -0.39 is 23.8 Å². The van der Waals surface area contributed by atoms with Crippen LogP contribution in [0.15, 0.2) is 34.7 Å². The van der Waals surface area contributed by atoms with Gasteiger partial charge >= 0.3 is 0 Å². The summed E-state index contributed by atoms with van der Waals surface area (Å²) in [5.74, 6) is 0. The maximum Gasteiger partial charge on any atom is 0.174 e. The number of rotatable bonds is 5. The minimum atomic E-state index is -2.11. The maximum atomic E-state index is 5.73. The Morgan fingerprint density at radius 2 is 1.31 bits per heavy atom. The highest BCUT2D eigenvalue weighted by Gasteiger charge is 2.46. The van der Waals surface area contributed by atoms with Crippen LogP contribution in [-0.2, 0) is 0 Å². The van der Waals surface area contributed by atoms with Gasteiger partial charge in [-0.1, -0.05) is 50.0 Å². The van der Waals surface area contributed by atoms with Gasteiger partial charge in [-0.25, -0.2) is 0 Å². The van der Waals surface area contributed by atoms with Gasteiger partial charge in [0.2, 0.25) is 0 Å². The number of nitrogens with one attached hydrogen (secondary N) is 1. The van der Waals surface area contributed by atoms with Crippen LogP contribution in [0.5, 0.6) is 0 Å². The van der Waals surface area contributed by atoms with Crippen molar-refractivity contribution in [2.45, 2.75) is 91.9 Å². The lowest BCUT2D eigenvalue weighted by Gasteiger charge is -2.54. The fourth-order valence-corrected chi connectivity index (χ4v) is 17.5. The third-order valence-electron chi connectivity index (χ3n) is 3.61. The highest BCUT2D eigenvalue weighted by molar-refractivity contribution is 7.72. The molecule has 3 nitrogen and oxygen atoms in total. The Bertz CT molecular complexity index is 631. The van der Waals surface area contributed by atoms with Gasteiger partial charge in [-0.05, 0) is 61.2 Å². The summed E-state index contributed by atoms with van der Waals surface area (Å²) in [4.78, 5) is 0. The predicted molar refractivity (Wildman–Crippen MR) is 127 cm³/mol. The van der Waals surface area contributed by atoms with Crippen molar-refractivity contribution in [2.75, 3.05) is 0 Å². The largest absolute Gasteiger partial charge is 0.309 e. The topological polar surface area (TPSA) is 27.6 Å². The van der Waals surface area contributed by atoms with Crippen LogP contribution in [0.4, 0.5) is 0 Å². The molecule has 0 aliphatic heterocycles. The van der Waals surface area contributed by atoms with Crippen molar-refractivity contribution in [3.8, 4) is 0 Å². The highest BCUT2D eigenvalue weighted by Crippen LogP contribution is 2.57. The summed E-state index contributed by atoms with van der Waals surface area (Å²) >= 11 is 0. The molecule has 1 aromatic rings. The summed E-state index contributed by atoms with van der Waals surface area (Å²) in [6.07, 6.45) is 0. The van der Waals surface area contributed by atoms with Gasteiger partial charge in [0, 0.05) is 16.4 Å².